The summed E-state index contributed by atoms with van der Waals surface area (Å²) in [6.45, 7) is 4.96. The number of para-hydroxylation sites is 2. The molecule has 0 saturated carbocycles. The van der Waals surface area contributed by atoms with Gasteiger partial charge in [-0.05, 0) is 97.8 Å². The van der Waals surface area contributed by atoms with Crippen LogP contribution >= 0.6 is 0 Å². The van der Waals surface area contributed by atoms with Crippen molar-refractivity contribution in [3.05, 3.63) is 97.1 Å². The second-order valence-corrected chi connectivity index (χ2v) is 12.4. The summed E-state index contributed by atoms with van der Waals surface area (Å²) in [4.78, 5) is 12.6. The van der Waals surface area contributed by atoms with Crippen LogP contribution in [0.1, 0.15) is 26.7 Å². The maximum atomic E-state index is 12.9. The number of benzene rings is 4. The van der Waals surface area contributed by atoms with Crippen LogP contribution in [0.3, 0.4) is 0 Å². The number of hydrogen-bond acceptors (Lipinski definition) is 9. The van der Waals surface area contributed by atoms with Crippen molar-refractivity contribution in [2.45, 2.75) is 36.5 Å². The molecule has 2 amide bonds. The fourth-order valence-corrected chi connectivity index (χ4v) is 5.58. The van der Waals surface area contributed by atoms with Gasteiger partial charge >= 0.3 is 26.3 Å². The molecule has 0 aliphatic carbocycles. The van der Waals surface area contributed by atoms with Crippen LogP contribution in [0.2, 0.25) is 0 Å². The molecule has 4 aromatic rings. The molecule has 4 rings (SSSR count). The Balaban J connectivity index is 1.36. The van der Waals surface area contributed by atoms with Crippen LogP contribution in [0.5, 0.6) is 23.0 Å². The molecule has 13 heteroatoms. The Hall–Kier alpha value is -4.75. The highest BCUT2D eigenvalue weighted by atomic mass is 32.2. The third kappa shape index (κ3) is 8.88. The highest BCUT2D eigenvalue weighted by molar-refractivity contribution is 7.87. The minimum absolute atomic E-state index is 0.0381. The van der Waals surface area contributed by atoms with Gasteiger partial charge in [-0.2, -0.15) is 16.8 Å². The first-order valence-corrected chi connectivity index (χ1v) is 16.5. The van der Waals surface area contributed by atoms with Gasteiger partial charge in [-0.1, -0.05) is 26.0 Å². The lowest BCUT2D eigenvalue weighted by Gasteiger charge is -2.13. The predicted molar refractivity (Wildman–Crippen MR) is 166 cm³/mol. The van der Waals surface area contributed by atoms with Gasteiger partial charge < -0.3 is 28.5 Å². The van der Waals surface area contributed by atoms with Crippen LogP contribution in [0, 0.1) is 0 Å². The average molecular weight is 641 g/mol. The first-order chi connectivity index (χ1) is 21.1. The van der Waals surface area contributed by atoms with Crippen LogP contribution in [0.4, 0.5) is 16.2 Å². The molecule has 232 valence electrons. The van der Waals surface area contributed by atoms with Gasteiger partial charge in [-0.15, -0.1) is 0 Å². The van der Waals surface area contributed by atoms with Crippen LogP contribution in [0.15, 0.2) is 107 Å². The van der Waals surface area contributed by atoms with Crippen molar-refractivity contribution in [2.75, 3.05) is 23.8 Å². The Kier molecular flexibility index (Phi) is 10.7. The number of carbonyl (C=O) groups excluding carboxylic acids is 1. The highest BCUT2D eigenvalue weighted by Crippen LogP contribution is 2.29. The summed E-state index contributed by atoms with van der Waals surface area (Å²) < 4.78 is 72.6. The third-order valence-corrected chi connectivity index (χ3v) is 8.33. The molecule has 0 atom stereocenters. The average Bonchev–Trinajstić information content (AvgIpc) is 3.01. The Morgan fingerprint density at radius 2 is 1.07 bits per heavy atom. The van der Waals surface area contributed by atoms with Gasteiger partial charge in [0.25, 0.3) is 0 Å². The first-order valence-electron chi connectivity index (χ1n) is 13.7. The molecule has 2 N–H and O–H groups in total. The van der Waals surface area contributed by atoms with E-state index in [1.807, 2.05) is 13.8 Å². The summed E-state index contributed by atoms with van der Waals surface area (Å²) in [6.07, 6.45) is 1.64. The molecule has 0 saturated heterocycles. The number of nitrogens with one attached hydrogen (secondary N) is 2. The third-order valence-electron chi connectivity index (χ3n) is 5.82. The number of anilines is 2. The molecule has 0 aliphatic heterocycles. The normalized spacial score (nSPS) is 11.3. The lowest BCUT2D eigenvalue weighted by Crippen LogP contribution is -2.20. The summed E-state index contributed by atoms with van der Waals surface area (Å²) >= 11 is 0. The fourth-order valence-electron chi connectivity index (χ4n) is 3.71. The van der Waals surface area contributed by atoms with Crippen LogP contribution in [-0.4, -0.2) is 36.1 Å². The molecular weight excluding hydrogens is 608 g/mol. The summed E-state index contributed by atoms with van der Waals surface area (Å²) in [6, 6.07) is 22.8. The minimum atomic E-state index is -4.21. The van der Waals surface area contributed by atoms with E-state index in [1.165, 1.54) is 72.8 Å². The van der Waals surface area contributed by atoms with E-state index in [9.17, 15) is 21.6 Å². The molecule has 0 fully saturated rings. The van der Waals surface area contributed by atoms with Crippen LogP contribution in [0.25, 0.3) is 0 Å². The Morgan fingerprint density at radius 3 is 1.59 bits per heavy atom. The molecule has 0 aromatic heterocycles. The van der Waals surface area contributed by atoms with Crippen molar-refractivity contribution < 1.29 is 39.5 Å². The lowest BCUT2D eigenvalue weighted by molar-refractivity contribution is 0.262. The first kappa shape index (κ1) is 32.2. The topological polar surface area (TPSA) is 146 Å². The number of rotatable bonds is 14. The molecule has 0 radical (unpaired) electrons. The number of carbonyl (C=O) groups is 1. The molecular formula is C31H32N2O9S2. The van der Waals surface area contributed by atoms with E-state index in [0.717, 1.165) is 12.8 Å². The molecule has 0 aliphatic rings. The van der Waals surface area contributed by atoms with Gasteiger partial charge in [-0.3, -0.25) is 0 Å². The lowest BCUT2D eigenvalue weighted by atomic mass is 10.3. The van der Waals surface area contributed by atoms with Gasteiger partial charge in [0.15, 0.2) is 5.75 Å². The van der Waals surface area contributed by atoms with E-state index >= 15 is 0 Å². The highest BCUT2D eigenvalue weighted by Gasteiger charge is 2.20. The predicted octanol–water partition coefficient (Wildman–Crippen LogP) is 6.44. The second-order valence-electron chi connectivity index (χ2n) is 9.31. The monoisotopic (exact) mass is 640 g/mol. The summed E-state index contributed by atoms with van der Waals surface area (Å²) in [5.41, 5.74) is 0.426. The van der Waals surface area contributed by atoms with Gasteiger partial charge in [-0.25, -0.2) is 4.79 Å². The van der Waals surface area contributed by atoms with Crippen molar-refractivity contribution in [1.82, 2.24) is 0 Å². The van der Waals surface area contributed by atoms with E-state index in [4.69, 9.17) is 17.8 Å². The molecule has 0 unspecified atom stereocenters. The van der Waals surface area contributed by atoms with Crippen molar-refractivity contribution in [1.29, 1.82) is 0 Å². The second kappa shape index (κ2) is 14.6. The van der Waals surface area contributed by atoms with Crippen molar-refractivity contribution in [3.63, 3.8) is 0 Å². The largest absolute Gasteiger partial charge is 0.494 e. The van der Waals surface area contributed by atoms with Gasteiger partial charge in [0.2, 0.25) is 0 Å². The zero-order valence-corrected chi connectivity index (χ0v) is 25.7. The van der Waals surface area contributed by atoms with Gasteiger partial charge in [0, 0.05) is 5.69 Å². The van der Waals surface area contributed by atoms with Gasteiger partial charge in [0.05, 0.1) is 18.9 Å². The fraction of sp³-hybridized carbons (Fsp3) is 0.194. The van der Waals surface area contributed by atoms with Crippen molar-refractivity contribution >= 4 is 37.6 Å². The summed E-state index contributed by atoms with van der Waals surface area (Å²) in [5, 5.41) is 5.15. The standard InChI is InChI=1S/C31H32N2O9S2/c1-3-21-39-24-13-17-27(18-14-24)43(35,36)41-26-11-9-23(10-12-26)32-31(34)33-29-7-5-6-8-30(29)42-44(37,38)28-19-15-25(16-20-28)40-22-4-2/h5-20H,3-4,21-22H2,1-2H3,(H2,32,33,34). The van der Waals surface area contributed by atoms with Gasteiger partial charge in [0.1, 0.15) is 27.0 Å². The Labute approximate surface area is 257 Å². The number of amides is 2. The SMILES string of the molecule is CCCOc1ccc(S(=O)(=O)Oc2ccc(NC(=O)Nc3ccccc3OS(=O)(=O)c3ccc(OCCC)cc3)cc2)cc1. The minimum Gasteiger partial charge on any atom is -0.494 e. The maximum Gasteiger partial charge on any atom is 0.339 e. The molecule has 4 aromatic carbocycles. The molecule has 0 heterocycles. The summed E-state index contributed by atoms with van der Waals surface area (Å²) in [5.74, 6) is 1.04. The molecule has 0 spiro atoms. The van der Waals surface area contributed by atoms with E-state index in [-0.39, 0.29) is 27.0 Å². The molecule has 44 heavy (non-hydrogen) atoms. The van der Waals surface area contributed by atoms with E-state index in [1.54, 1.807) is 24.3 Å². The van der Waals surface area contributed by atoms with E-state index in [0.29, 0.717) is 30.4 Å². The number of hydrogen-bond donors (Lipinski definition) is 2. The zero-order valence-electron chi connectivity index (χ0n) is 24.1. The van der Waals surface area contributed by atoms with Crippen LogP contribution in [-0.2, 0) is 20.2 Å². The quantitative estimate of drug-likeness (QED) is 0.149. The number of urea groups is 1. The van der Waals surface area contributed by atoms with E-state index in [2.05, 4.69) is 10.6 Å². The van der Waals surface area contributed by atoms with Crippen molar-refractivity contribution in [3.8, 4) is 23.0 Å². The Bertz CT molecular complexity index is 1760. The smallest absolute Gasteiger partial charge is 0.339 e. The molecule has 0 bridgehead atoms. The van der Waals surface area contributed by atoms with E-state index < -0.39 is 26.3 Å². The zero-order chi connectivity index (χ0) is 31.6. The number of ether oxygens (including phenoxy) is 2. The maximum absolute atomic E-state index is 12.9. The molecule has 11 nitrogen and oxygen atoms in total. The van der Waals surface area contributed by atoms with Crippen LogP contribution < -0.4 is 28.5 Å². The van der Waals surface area contributed by atoms with Crippen molar-refractivity contribution in [2.24, 2.45) is 0 Å². The summed E-state index contributed by atoms with van der Waals surface area (Å²) in [7, 11) is -8.31. The Morgan fingerprint density at radius 1 is 0.591 bits per heavy atom.